The van der Waals surface area contributed by atoms with Crippen molar-refractivity contribution >= 4 is 24.1 Å². The second-order valence-electron chi connectivity index (χ2n) is 5.68. The minimum atomic E-state index is -0.308. The fraction of sp³-hybridized carbons (Fsp3) is 0.211. The van der Waals surface area contributed by atoms with Gasteiger partial charge in [0, 0.05) is 24.3 Å². The van der Waals surface area contributed by atoms with Gasteiger partial charge < -0.3 is 4.90 Å². The molecule has 5 nitrogen and oxygen atoms in total. The van der Waals surface area contributed by atoms with E-state index in [-0.39, 0.29) is 5.82 Å². The van der Waals surface area contributed by atoms with Crippen LogP contribution in [0, 0.1) is 10.6 Å². The van der Waals surface area contributed by atoms with Gasteiger partial charge in [0.2, 0.25) is 4.77 Å². The maximum absolute atomic E-state index is 13.3. The molecule has 0 saturated carbocycles. The Bertz CT molecular complexity index is 955. The molecule has 0 fully saturated rings. The van der Waals surface area contributed by atoms with E-state index in [9.17, 15) is 4.39 Å². The summed E-state index contributed by atoms with van der Waals surface area (Å²) >= 11 is 5.27. The Balaban J connectivity index is 1.91. The molecule has 2 aromatic carbocycles. The first-order valence-corrected chi connectivity index (χ1v) is 8.86. The summed E-state index contributed by atoms with van der Waals surface area (Å²) in [7, 11) is 0. The number of hydrogen-bond acceptors (Lipinski definition) is 4. The highest BCUT2D eigenvalue weighted by atomic mass is 32.1. The van der Waals surface area contributed by atoms with Crippen LogP contribution >= 0.6 is 12.2 Å². The van der Waals surface area contributed by atoms with Crippen LogP contribution in [-0.2, 0) is 0 Å². The number of H-pyrrole nitrogens is 1. The monoisotopic (exact) mass is 369 g/mol. The van der Waals surface area contributed by atoms with Gasteiger partial charge in [-0.2, -0.15) is 14.9 Å². The maximum Gasteiger partial charge on any atom is 0.216 e. The summed E-state index contributed by atoms with van der Waals surface area (Å²) in [6.07, 6.45) is 1.56. The minimum absolute atomic E-state index is 0.308. The molecule has 3 aromatic rings. The number of rotatable bonds is 6. The molecule has 0 bridgehead atoms. The number of aromatic amines is 1. The number of hydrogen-bond donors (Lipinski definition) is 1. The van der Waals surface area contributed by atoms with Crippen LogP contribution in [0.15, 0.2) is 53.6 Å². The van der Waals surface area contributed by atoms with E-state index >= 15 is 0 Å². The smallest absolute Gasteiger partial charge is 0.216 e. The van der Waals surface area contributed by atoms with Crippen molar-refractivity contribution in [1.82, 2.24) is 14.9 Å². The first kappa shape index (κ1) is 18.0. The predicted molar refractivity (Wildman–Crippen MR) is 106 cm³/mol. The first-order valence-electron chi connectivity index (χ1n) is 8.45. The molecule has 0 aliphatic carbocycles. The number of aromatic nitrogens is 3. The lowest BCUT2D eigenvalue weighted by atomic mass is 10.2. The van der Waals surface area contributed by atoms with Crippen molar-refractivity contribution in [3.63, 3.8) is 0 Å². The van der Waals surface area contributed by atoms with Crippen molar-refractivity contribution in [2.45, 2.75) is 13.8 Å². The Morgan fingerprint density at radius 3 is 2.58 bits per heavy atom. The Labute approximate surface area is 156 Å². The lowest BCUT2D eigenvalue weighted by Gasteiger charge is -2.20. The summed E-state index contributed by atoms with van der Waals surface area (Å²) in [6, 6.07) is 14.3. The molecular weight excluding hydrogens is 349 g/mol. The number of nitrogens with one attached hydrogen (secondary N) is 1. The first-order chi connectivity index (χ1) is 12.6. The molecule has 0 atom stereocenters. The topological polar surface area (TPSA) is 49.2 Å². The highest BCUT2D eigenvalue weighted by molar-refractivity contribution is 7.71. The quantitative estimate of drug-likeness (QED) is 0.515. The van der Waals surface area contributed by atoms with Crippen LogP contribution in [-0.4, -0.2) is 34.2 Å². The SMILES string of the molecule is CCN(CC)c1ccc(-c2n[nH]c(=S)n2N=Cc2cccc(F)c2)cc1. The molecule has 0 radical (unpaired) electrons. The Hall–Kier alpha value is -2.80. The van der Waals surface area contributed by atoms with Gasteiger partial charge in [-0.05, 0) is 68.0 Å². The standard InChI is InChI=1S/C19H20FN5S/c1-3-24(4-2)17-10-8-15(9-11-17)18-22-23-19(26)25(18)21-13-14-6-5-7-16(20)12-14/h5-13H,3-4H2,1-2H3,(H,23,26). The van der Waals surface area contributed by atoms with Gasteiger partial charge in [-0.15, -0.1) is 0 Å². The lowest BCUT2D eigenvalue weighted by molar-refractivity contribution is 0.627. The van der Waals surface area contributed by atoms with Gasteiger partial charge in [-0.25, -0.2) is 9.49 Å². The zero-order valence-corrected chi connectivity index (χ0v) is 15.5. The second-order valence-corrected chi connectivity index (χ2v) is 6.07. The summed E-state index contributed by atoms with van der Waals surface area (Å²) in [4.78, 5) is 2.27. The number of anilines is 1. The van der Waals surface area contributed by atoms with Gasteiger partial charge in [-0.3, -0.25) is 0 Å². The zero-order chi connectivity index (χ0) is 18.5. The second kappa shape index (κ2) is 8.05. The molecule has 1 N–H and O–H groups in total. The molecule has 0 aliphatic heterocycles. The molecule has 0 spiro atoms. The van der Waals surface area contributed by atoms with E-state index < -0.39 is 0 Å². The van der Waals surface area contributed by atoms with Gasteiger partial charge in [0.15, 0.2) is 5.82 Å². The normalized spacial score (nSPS) is 11.2. The van der Waals surface area contributed by atoms with Gasteiger partial charge in [0.25, 0.3) is 0 Å². The van der Waals surface area contributed by atoms with Crippen molar-refractivity contribution in [3.8, 4) is 11.4 Å². The van der Waals surface area contributed by atoms with Crippen molar-refractivity contribution < 1.29 is 4.39 Å². The van der Waals surface area contributed by atoms with E-state index in [1.165, 1.54) is 16.8 Å². The van der Waals surface area contributed by atoms with Crippen molar-refractivity contribution in [2.24, 2.45) is 5.10 Å². The number of benzene rings is 2. The highest BCUT2D eigenvalue weighted by Crippen LogP contribution is 2.22. The van der Waals surface area contributed by atoms with E-state index in [1.807, 2.05) is 12.1 Å². The summed E-state index contributed by atoms with van der Waals surface area (Å²) in [6.45, 7) is 6.16. The highest BCUT2D eigenvalue weighted by Gasteiger charge is 2.09. The predicted octanol–water partition coefficient (Wildman–Crippen LogP) is 4.48. The van der Waals surface area contributed by atoms with Crippen LogP contribution in [0.5, 0.6) is 0 Å². The number of halogens is 1. The van der Waals surface area contributed by atoms with Crippen molar-refractivity contribution in [1.29, 1.82) is 0 Å². The largest absolute Gasteiger partial charge is 0.372 e. The summed E-state index contributed by atoms with van der Waals surface area (Å²) in [5.41, 5.74) is 2.70. The van der Waals surface area contributed by atoms with Crippen LogP contribution in [0.4, 0.5) is 10.1 Å². The Kier molecular flexibility index (Phi) is 5.58. The minimum Gasteiger partial charge on any atom is -0.372 e. The third kappa shape index (κ3) is 3.88. The van der Waals surface area contributed by atoms with E-state index in [1.54, 1.807) is 18.3 Å². The van der Waals surface area contributed by atoms with E-state index in [2.05, 4.69) is 46.2 Å². The summed E-state index contributed by atoms with van der Waals surface area (Å²) in [5.74, 6) is 0.297. The fourth-order valence-electron chi connectivity index (χ4n) is 2.71. The molecule has 26 heavy (non-hydrogen) atoms. The fourth-order valence-corrected chi connectivity index (χ4v) is 2.89. The van der Waals surface area contributed by atoms with Crippen LogP contribution in [0.2, 0.25) is 0 Å². The van der Waals surface area contributed by atoms with Crippen LogP contribution in [0.3, 0.4) is 0 Å². The molecule has 1 aromatic heterocycles. The lowest BCUT2D eigenvalue weighted by Crippen LogP contribution is -2.21. The molecule has 1 heterocycles. The summed E-state index contributed by atoms with van der Waals surface area (Å²) in [5, 5.41) is 11.4. The van der Waals surface area contributed by atoms with Gasteiger partial charge in [0.05, 0.1) is 6.21 Å². The van der Waals surface area contributed by atoms with Crippen molar-refractivity contribution in [2.75, 3.05) is 18.0 Å². The molecule has 134 valence electrons. The van der Waals surface area contributed by atoms with Crippen LogP contribution in [0.25, 0.3) is 11.4 Å². The Morgan fingerprint density at radius 1 is 1.19 bits per heavy atom. The van der Waals surface area contributed by atoms with Crippen LogP contribution in [0.1, 0.15) is 19.4 Å². The van der Waals surface area contributed by atoms with Gasteiger partial charge in [0.1, 0.15) is 5.82 Å². The van der Waals surface area contributed by atoms with Crippen molar-refractivity contribution in [3.05, 3.63) is 64.7 Å². The van der Waals surface area contributed by atoms with E-state index in [4.69, 9.17) is 12.2 Å². The molecule has 3 rings (SSSR count). The number of nitrogens with zero attached hydrogens (tertiary/aromatic N) is 4. The van der Waals surface area contributed by atoms with E-state index in [0.717, 1.165) is 24.3 Å². The Morgan fingerprint density at radius 2 is 1.92 bits per heavy atom. The average molecular weight is 369 g/mol. The molecule has 0 aliphatic rings. The molecule has 7 heteroatoms. The zero-order valence-electron chi connectivity index (χ0n) is 14.7. The average Bonchev–Trinajstić information content (AvgIpc) is 3.02. The molecule has 0 amide bonds. The maximum atomic E-state index is 13.3. The van der Waals surface area contributed by atoms with Gasteiger partial charge in [-0.1, -0.05) is 12.1 Å². The van der Waals surface area contributed by atoms with Crippen LogP contribution < -0.4 is 4.90 Å². The molecular formula is C19H20FN5S. The summed E-state index contributed by atoms with van der Waals surface area (Å²) < 4.78 is 15.2. The van der Waals surface area contributed by atoms with Gasteiger partial charge >= 0.3 is 0 Å². The third-order valence-electron chi connectivity index (χ3n) is 4.08. The third-order valence-corrected chi connectivity index (χ3v) is 4.34. The van der Waals surface area contributed by atoms with E-state index in [0.29, 0.717) is 16.2 Å². The molecule has 0 saturated heterocycles. The molecule has 0 unspecified atom stereocenters.